The van der Waals surface area contributed by atoms with Crippen molar-refractivity contribution in [2.75, 3.05) is 0 Å². The molecule has 0 fully saturated rings. The van der Waals surface area contributed by atoms with Gasteiger partial charge >= 0.3 is 11.7 Å². The average Bonchev–Trinajstić information content (AvgIpc) is 2.80. The summed E-state index contributed by atoms with van der Waals surface area (Å²) in [7, 11) is 0. The predicted octanol–water partition coefficient (Wildman–Crippen LogP) is 4.15. The molecule has 5 heteroatoms. The van der Waals surface area contributed by atoms with Crippen molar-refractivity contribution >= 4 is 17.0 Å². The number of ether oxygens (including phenoxy) is 1. The van der Waals surface area contributed by atoms with Gasteiger partial charge in [0.25, 0.3) is 0 Å². The number of carbonyl (C=O) groups is 1. The highest BCUT2D eigenvalue weighted by molar-refractivity contribution is 5.87. The van der Waals surface area contributed by atoms with Crippen molar-refractivity contribution in [1.29, 1.82) is 0 Å². The van der Waals surface area contributed by atoms with Crippen molar-refractivity contribution in [2.45, 2.75) is 58.7 Å². The largest absolute Gasteiger partial charge is 0.459 e. The SMILES string of the molecule is CC(C)(C)OC(=O)Cn1c(=O)n2c3c(cc(-c4ccccc4)cc31)CCCC2. The number of aryl methyl sites for hydroxylation is 2. The first kappa shape index (κ1) is 18.5. The van der Waals surface area contributed by atoms with Crippen molar-refractivity contribution in [2.24, 2.45) is 0 Å². The molecule has 146 valence electrons. The Hall–Kier alpha value is -2.82. The van der Waals surface area contributed by atoms with E-state index in [1.54, 1.807) is 4.57 Å². The molecule has 0 unspecified atom stereocenters. The molecular formula is C23H26N2O3. The minimum atomic E-state index is -0.579. The van der Waals surface area contributed by atoms with Crippen molar-refractivity contribution in [3.05, 3.63) is 58.5 Å². The van der Waals surface area contributed by atoms with Crippen molar-refractivity contribution in [3.63, 3.8) is 0 Å². The lowest BCUT2D eigenvalue weighted by atomic mass is 9.99. The van der Waals surface area contributed by atoms with Gasteiger partial charge in [0.1, 0.15) is 12.1 Å². The number of imidazole rings is 1. The Morgan fingerprint density at radius 3 is 2.54 bits per heavy atom. The molecule has 0 saturated heterocycles. The van der Waals surface area contributed by atoms with Gasteiger partial charge in [0.15, 0.2) is 0 Å². The van der Waals surface area contributed by atoms with Crippen LogP contribution in [-0.4, -0.2) is 20.7 Å². The zero-order chi connectivity index (χ0) is 19.9. The monoisotopic (exact) mass is 378 g/mol. The molecule has 0 spiro atoms. The van der Waals surface area contributed by atoms with Gasteiger partial charge in [-0.15, -0.1) is 0 Å². The maximum absolute atomic E-state index is 13.1. The third-order valence-corrected chi connectivity index (χ3v) is 5.08. The quantitative estimate of drug-likeness (QED) is 0.644. The second-order valence-corrected chi connectivity index (χ2v) is 8.43. The Balaban J connectivity index is 1.89. The molecule has 0 N–H and O–H groups in total. The normalized spacial score (nSPS) is 14.1. The zero-order valence-electron chi connectivity index (χ0n) is 16.7. The molecule has 0 radical (unpaired) electrons. The Kier molecular flexibility index (Phi) is 4.61. The molecule has 4 rings (SSSR count). The second-order valence-electron chi connectivity index (χ2n) is 8.43. The number of hydrogen-bond donors (Lipinski definition) is 0. The summed E-state index contributed by atoms with van der Waals surface area (Å²) in [6.45, 7) is 6.12. The molecule has 0 atom stereocenters. The van der Waals surface area contributed by atoms with Crippen LogP contribution in [0, 0.1) is 0 Å². The van der Waals surface area contributed by atoms with Gasteiger partial charge in [0.05, 0.1) is 11.0 Å². The first-order chi connectivity index (χ1) is 13.3. The van der Waals surface area contributed by atoms with Crippen LogP contribution in [0.15, 0.2) is 47.3 Å². The first-order valence-corrected chi connectivity index (χ1v) is 9.87. The molecule has 0 amide bonds. The maximum atomic E-state index is 13.1. The highest BCUT2D eigenvalue weighted by Crippen LogP contribution is 2.30. The fraction of sp³-hybridized carbons (Fsp3) is 0.391. The molecule has 0 saturated carbocycles. The van der Waals surface area contributed by atoms with Crippen LogP contribution in [0.5, 0.6) is 0 Å². The third kappa shape index (κ3) is 3.49. The molecule has 3 aromatic rings. The second kappa shape index (κ2) is 6.97. The Labute approximate surface area is 164 Å². The van der Waals surface area contributed by atoms with Crippen LogP contribution in [0.4, 0.5) is 0 Å². The zero-order valence-corrected chi connectivity index (χ0v) is 16.7. The summed E-state index contributed by atoms with van der Waals surface area (Å²) in [5.41, 5.74) is 4.42. The fourth-order valence-corrected chi connectivity index (χ4v) is 3.98. The number of nitrogens with zero attached hydrogens (tertiary/aromatic N) is 2. The van der Waals surface area contributed by atoms with Crippen LogP contribution in [0.25, 0.3) is 22.2 Å². The summed E-state index contributed by atoms with van der Waals surface area (Å²) in [4.78, 5) is 25.6. The lowest BCUT2D eigenvalue weighted by Crippen LogP contribution is -2.31. The lowest BCUT2D eigenvalue weighted by Gasteiger charge is -2.19. The van der Waals surface area contributed by atoms with Gasteiger partial charge in [0.2, 0.25) is 0 Å². The van der Waals surface area contributed by atoms with Gasteiger partial charge in [-0.05, 0) is 68.9 Å². The predicted molar refractivity (Wildman–Crippen MR) is 110 cm³/mol. The Morgan fingerprint density at radius 1 is 1.07 bits per heavy atom. The highest BCUT2D eigenvalue weighted by atomic mass is 16.6. The van der Waals surface area contributed by atoms with E-state index in [0.29, 0.717) is 6.54 Å². The summed E-state index contributed by atoms with van der Waals surface area (Å²) in [5.74, 6) is -0.391. The number of benzene rings is 2. The minimum Gasteiger partial charge on any atom is -0.459 e. The summed E-state index contributed by atoms with van der Waals surface area (Å²) >= 11 is 0. The van der Waals surface area contributed by atoms with Crippen LogP contribution in [0.2, 0.25) is 0 Å². The van der Waals surface area contributed by atoms with E-state index in [-0.39, 0.29) is 12.2 Å². The summed E-state index contributed by atoms with van der Waals surface area (Å²) in [5, 5.41) is 0. The minimum absolute atomic E-state index is 0.0721. The van der Waals surface area contributed by atoms with E-state index in [4.69, 9.17) is 4.74 Å². The topological polar surface area (TPSA) is 53.2 Å². The number of hydrogen-bond acceptors (Lipinski definition) is 3. The Bertz CT molecular complexity index is 1080. The van der Waals surface area contributed by atoms with Crippen LogP contribution < -0.4 is 5.69 Å². The third-order valence-electron chi connectivity index (χ3n) is 5.08. The standard InChI is InChI=1S/C23H26N2O3/c1-23(2,3)28-20(26)15-25-19-14-18(16-9-5-4-6-10-16)13-17-11-7-8-12-24(21(17)19)22(25)27/h4-6,9-10,13-14H,7-8,11-12,15H2,1-3H3. The number of esters is 1. The summed E-state index contributed by atoms with van der Waals surface area (Å²) < 4.78 is 8.87. The Morgan fingerprint density at radius 2 is 1.82 bits per heavy atom. The fourth-order valence-electron chi connectivity index (χ4n) is 3.98. The van der Waals surface area contributed by atoms with Gasteiger partial charge in [-0.25, -0.2) is 4.79 Å². The van der Waals surface area contributed by atoms with Crippen molar-refractivity contribution in [3.8, 4) is 11.1 Å². The van der Waals surface area contributed by atoms with Crippen LogP contribution in [0.1, 0.15) is 39.2 Å². The van der Waals surface area contributed by atoms with Gasteiger partial charge in [-0.3, -0.25) is 13.9 Å². The van der Waals surface area contributed by atoms with E-state index in [1.807, 2.05) is 49.6 Å². The molecule has 1 aromatic heterocycles. The van der Waals surface area contributed by atoms with Gasteiger partial charge in [-0.1, -0.05) is 30.3 Å². The van der Waals surface area contributed by atoms with Crippen LogP contribution in [-0.2, 0) is 29.0 Å². The number of carbonyl (C=O) groups excluding carboxylic acids is 1. The van der Waals surface area contributed by atoms with Crippen molar-refractivity contribution in [1.82, 2.24) is 9.13 Å². The van der Waals surface area contributed by atoms with E-state index in [0.717, 1.165) is 41.4 Å². The van der Waals surface area contributed by atoms with E-state index in [2.05, 4.69) is 18.2 Å². The smallest absolute Gasteiger partial charge is 0.329 e. The molecule has 28 heavy (non-hydrogen) atoms. The molecule has 0 bridgehead atoms. The van der Waals surface area contributed by atoms with Crippen LogP contribution in [0.3, 0.4) is 0 Å². The molecule has 5 nitrogen and oxygen atoms in total. The average molecular weight is 378 g/mol. The van der Waals surface area contributed by atoms with E-state index < -0.39 is 11.6 Å². The van der Waals surface area contributed by atoms with Gasteiger partial charge in [-0.2, -0.15) is 0 Å². The lowest BCUT2D eigenvalue weighted by molar-refractivity contribution is -0.155. The van der Waals surface area contributed by atoms with E-state index >= 15 is 0 Å². The first-order valence-electron chi connectivity index (χ1n) is 9.87. The molecule has 1 aliphatic rings. The number of rotatable bonds is 3. The van der Waals surface area contributed by atoms with Gasteiger partial charge < -0.3 is 4.74 Å². The number of aromatic nitrogens is 2. The van der Waals surface area contributed by atoms with Crippen LogP contribution >= 0.6 is 0 Å². The molecule has 2 heterocycles. The molecule has 2 aromatic carbocycles. The van der Waals surface area contributed by atoms with E-state index in [9.17, 15) is 9.59 Å². The van der Waals surface area contributed by atoms with E-state index in [1.165, 1.54) is 5.56 Å². The molecule has 1 aliphatic heterocycles. The van der Waals surface area contributed by atoms with Crippen molar-refractivity contribution < 1.29 is 9.53 Å². The highest BCUT2D eigenvalue weighted by Gasteiger charge is 2.23. The molecule has 0 aliphatic carbocycles. The molecular weight excluding hydrogens is 352 g/mol. The maximum Gasteiger partial charge on any atom is 0.329 e. The summed E-state index contributed by atoms with van der Waals surface area (Å²) in [6, 6.07) is 14.4. The summed E-state index contributed by atoms with van der Waals surface area (Å²) in [6.07, 6.45) is 2.95. The van der Waals surface area contributed by atoms with Gasteiger partial charge in [0, 0.05) is 6.54 Å².